The number of carbonyl (C=O) groups is 2. The molecule has 1 saturated carbocycles. The highest BCUT2D eigenvalue weighted by Gasteiger charge is 2.30. The smallest absolute Gasteiger partial charge is 0.238 e. The minimum Gasteiger partial charge on any atom is -0.338 e. The van der Waals surface area contributed by atoms with Crippen LogP contribution < -0.4 is 5.32 Å². The van der Waals surface area contributed by atoms with E-state index in [2.05, 4.69) is 20.4 Å². The molecule has 1 atom stereocenters. The first-order valence-electron chi connectivity index (χ1n) is 11.5. The largest absolute Gasteiger partial charge is 0.338 e. The lowest BCUT2D eigenvalue weighted by molar-refractivity contribution is -0.117. The summed E-state index contributed by atoms with van der Waals surface area (Å²) in [6.45, 7) is 9.37. The van der Waals surface area contributed by atoms with Gasteiger partial charge >= 0.3 is 0 Å². The maximum atomic E-state index is 15.4. The number of benzene rings is 1. The van der Waals surface area contributed by atoms with Crippen molar-refractivity contribution in [1.29, 1.82) is 0 Å². The molecule has 0 saturated heterocycles. The molecule has 0 aliphatic heterocycles. The number of nitrogens with one attached hydrogen (secondary N) is 1. The van der Waals surface area contributed by atoms with Crippen LogP contribution in [0.2, 0.25) is 0 Å². The van der Waals surface area contributed by atoms with Crippen molar-refractivity contribution in [2.75, 3.05) is 5.32 Å². The van der Waals surface area contributed by atoms with Gasteiger partial charge in [0.05, 0.1) is 0 Å². The maximum Gasteiger partial charge on any atom is 0.238 e. The molecule has 0 spiro atoms. The number of pyridine rings is 1. The Labute approximate surface area is 198 Å². The van der Waals surface area contributed by atoms with Crippen LogP contribution in [0.1, 0.15) is 80.5 Å². The number of Topliss-reactive ketones (excluding diaryl/α,β-unsaturated/α-hetero) is 1. The molecule has 0 unspecified atom stereocenters. The van der Waals surface area contributed by atoms with Crippen LogP contribution in [-0.4, -0.2) is 26.8 Å². The highest BCUT2D eigenvalue weighted by molar-refractivity contribution is 5.94. The fraction of sp³-hybridized carbons (Fsp3) is 0.423. The Kier molecular flexibility index (Phi) is 6.34. The zero-order chi connectivity index (χ0) is 24.6. The number of rotatable bonds is 7. The molecule has 8 heteroatoms. The third kappa shape index (κ3) is 5.05. The van der Waals surface area contributed by atoms with Gasteiger partial charge in [-0.15, -0.1) is 0 Å². The van der Waals surface area contributed by atoms with Crippen molar-refractivity contribution in [3.63, 3.8) is 0 Å². The van der Waals surface area contributed by atoms with Crippen LogP contribution in [-0.2, 0) is 10.2 Å². The van der Waals surface area contributed by atoms with Crippen molar-refractivity contribution in [3.05, 3.63) is 59.1 Å². The third-order valence-corrected chi connectivity index (χ3v) is 6.04. The van der Waals surface area contributed by atoms with Crippen molar-refractivity contribution < 1.29 is 18.5 Å². The van der Waals surface area contributed by atoms with Crippen molar-refractivity contribution in [3.8, 4) is 11.1 Å². The Morgan fingerprint density at radius 2 is 1.97 bits per heavy atom. The first-order chi connectivity index (χ1) is 16.0. The summed E-state index contributed by atoms with van der Waals surface area (Å²) >= 11 is 0. The number of carbonyl (C=O) groups excluding carboxylic acids is 2. The van der Waals surface area contributed by atoms with Crippen LogP contribution in [0.5, 0.6) is 0 Å². The van der Waals surface area contributed by atoms with Crippen molar-refractivity contribution in [2.45, 2.75) is 65.2 Å². The van der Waals surface area contributed by atoms with Crippen molar-refractivity contribution >= 4 is 17.5 Å². The minimum atomic E-state index is -0.364. The van der Waals surface area contributed by atoms with E-state index >= 15 is 4.39 Å². The highest BCUT2D eigenvalue weighted by atomic mass is 19.1. The molecule has 1 N–H and O–H groups in total. The van der Waals surface area contributed by atoms with E-state index in [0.29, 0.717) is 28.4 Å². The lowest BCUT2D eigenvalue weighted by atomic mass is 9.89. The van der Waals surface area contributed by atoms with E-state index in [1.165, 1.54) is 0 Å². The van der Waals surface area contributed by atoms with Gasteiger partial charge in [0.25, 0.3) is 0 Å². The second kappa shape index (κ2) is 9.08. The van der Waals surface area contributed by atoms with Gasteiger partial charge in [0.15, 0.2) is 0 Å². The monoisotopic (exact) mass is 464 g/mol. The SMILES string of the molecule is Cc1c([C@@H](C)CC(=O)c2noc(C(C)(C)C)n2)ccc(-c2ccnc(NC(=O)C3CC3)c2)c1F. The summed E-state index contributed by atoms with van der Waals surface area (Å²) in [5.41, 5.74) is 1.91. The molecule has 34 heavy (non-hydrogen) atoms. The molecule has 0 bridgehead atoms. The summed E-state index contributed by atoms with van der Waals surface area (Å²) in [6.07, 6.45) is 3.48. The van der Waals surface area contributed by atoms with E-state index in [0.717, 1.165) is 18.4 Å². The molecule has 7 nitrogen and oxygen atoms in total. The predicted octanol–water partition coefficient (Wildman–Crippen LogP) is 5.60. The minimum absolute atomic E-state index is 0.0454. The van der Waals surface area contributed by atoms with Crippen LogP contribution in [0.15, 0.2) is 35.0 Å². The second-order valence-corrected chi connectivity index (χ2v) is 10.0. The molecule has 1 aromatic carbocycles. The lowest BCUT2D eigenvalue weighted by Crippen LogP contribution is -2.14. The van der Waals surface area contributed by atoms with Crippen LogP contribution in [0.3, 0.4) is 0 Å². The lowest BCUT2D eigenvalue weighted by Gasteiger charge is -2.16. The summed E-state index contributed by atoms with van der Waals surface area (Å²) < 4.78 is 20.6. The topological polar surface area (TPSA) is 98.0 Å². The Bertz CT molecular complexity index is 1240. The summed E-state index contributed by atoms with van der Waals surface area (Å²) in [4.78, 5) is 33.2. The standard InChI is InChI=1S/C26H29FN4O3/c1-14(12-20(32)23-30-25(34-31-23)26(3,4)5)18-8-9-19(22(27)15(18)2)17-10-11-28-21(13-17)29-24(33)16-6-7-16/h8-11,13-14,16H,6-7,12H2,1-5H3,(H,28,29,33)/t14-/m0/s1. The van der Waals surface area contributed by atoms with Gasteiger partial charge in [-0.2, -0.15) is 4.98 Å². The Balaban J connectivity index is 1.51. The van der Waals surface area contributed by atoms with E-state index in [1.807, 2.05) is 33.8 Å². The Morgan fingerprint density at radius 1 is 1.24 bits per heavy atom. The number of nitrogens with zero attached hydrogens (tertiary/aromatic N) is 3. The molecule has 2 heterocycles. The van der Waals surface area contributed by atoms with Crippen LogP contribution in [0, 0.1) is 18.7 Å². The zero-order valence-electron chi connectivity index (χ0n) is 20.1. The molecular weight excluding hydrogens is 435 g/mol. The average Bonchev–Trinajstić information content (AvgIpc) is 3.50. The quantitative estimate of drug-likeness (QED) is 0.457. The predicted molar refractivity (Wildman–Crippen MR) is 126 cm³/mol. The normalized spacial score (nSPS) is 14.6. The van der Waals surface area contributed by atoms with E-state index < -0.39 is 0 Å². The van der Waals surface area contributed by atoms with Crippen LogP contribution in [0.25, 0.3) is 11.1 Å². The number of aromatic nitrogens is 3. The summed E-state index contributed by atoms with van der Waals surface area (Å²) in [6, 6.07) is 6.92. The highest BCUT2D eigenvalue weighted by Crippen LogP contribution is 2.33. The van der Waals surface area contributed by atoms with Crippen LogP contribution >= 0.6 is 0 Å². The molecular formula is C26H29FN4O3. The van der Waals surface area contributed by atoms with E-state index in [9.17, 15) is 9.59 Å². The van der Waals surface area contributed by atoms with Gasteiger partial charge in [-0.05, 0) is 54.5 Å². The average molecular weight is 465 g/mol. The van der Waals surface area contributed by atoms with Gasteiger partial charge in [0.1, 0.15) is 11.6 Å². The van der Waals surface area contributed by atoms with Crippen molar-refractivity contribution in [2.24, 2.45) is 5.92 Å². The van der Waals surface area contributed by atoms with Gasteiger partial charge in [-0.25, -0.2) is 9.37 Å². The molecule has 178 valence electrons. The first-order valence-corrected chi connectivity index (χ1v) is 11.5. The van der Waals surface area contributed by atoms with Gasteiger partial charge in [-0.1, -0.05) is 45.0 Å². The van der Waals surface area contributed by atoms with Crippen LogP contribution in [0.4, 0.5) is 10.2 Å². The Morgan fingerprint density at radius 3 is 2.62 bits per heavy atom. The molecule has 1 fully saturated rings. The molecule has 1 aliphatic rings. The zero-order valence-corrected chi connectivity index (χ0v) is 20.1. The molecule has 1 amide bonds. The molecule has 3 aromatic rings. The van der Waals surface area contributed by atoms with Gasteiger partial charge in [0.2, 0.25) is 23.4 Å². The summed E-state index contributed by atoms with van der Waals surface area (Å²) in [7, 11) is 0. The van der Waals surface area contributed by atoms with Crippen molar-refractivity contribution in [1.82, 2.24) is 15.1 Å². The van der Waals surface area contributed by atoms with E-state index in [1.54, 1.807) is 31.3 Å². The third-order valence-electron chi connectivity index (χ3n) is 6.04. The fourth-order valence-corrected chi connectivity index (χ4v) is 3.82. The Hall–Kier alpha value is -3.42. The van der Waals surface area contributed by atoms with Gasteiger partial charge in [0, 0.05) is 29.5 Å². The molecule has 4 rings (SSSR count). The maximum absolute atomic E-state index is 15.4. The number of hydrogen-bond donors (Lipinski definition) is 1. The number of hydrogen-bond acceptors (Lipinski definition) is 6. The van der Waals surface area contributed by atoms with Gasteiger partial charge in [-0.3, -0.25) is 9.59 Å². The number of amides is 1. The number of ketones is 1. The number of halogens is 1. The summed E-state index contributed by atoms with van der Waals surface area (Å²) in [5.74, 6) is 0.0107. The first kappa shape index (κ1) is 23.7. The summed E-state index contributed by atoms with van der Waals surface area (Å²) in [5, 5.41) is 6.62. The molecule has 1 aliphatic carbocycles. The second-order valence-electron chi connectivity index (χ2n) is 10.0. The van der Waals surface area contributed by atoms with E-state index in [4.69, 9.17) is 4.52 Å². The molecule has 0 radical (unpaired) electrons. The number of anilines is 1. The van der Waals surface area contributed by atoms with Gasteiger partial charge < -0.3 is 9.84 Å². The van der Waals surface area contributed by atoms with E-state index in [-0.39, 0.29) is 47.0 Å². The molecule has 2 aromatic heterocycles. The fourth-order valence-electron chi connectivity index (χ4n) is 3.82.